The van der Waals surface area contributed by atoms with E-state index in [0.717, 1.165) is 44.1 Å². The van der Waals surface area contributed by atoms with Crippen LogP contribution < -0.4 is 16.0 Å². The summed E-state index contributed by atoms with van der Waals surface area (Å²) in [5.41, 5.74) is 0.830. The van der Waals surface area contributed by atoms with Gasteiger partial charge in [0.1, 0.15) is 18.7 Å². The van der Waals surface area contributed by atoms with E-state index in [4.69, 9.17) is 4.74 Å². The van der Waals surface area contributed by atoms with Gasteiger partial charge >= 0.3 is 6.09 Å². The molecular weight excluding hydrogens is 614 g/mol. The molecule has 0 radical (unpaired) electrons. The van der Waals surface area contributed by atoms with Crippen LogP contribution in [0.4, 0.5) is 4.79 Å². The first kappa shape index (κ1) is 36.9. The molecule has 4 saturated carbocycles. The molecule has 0 heterocycles. The highest BCUT2D eigenvalue weighted by molar-refractivity contribution is 7.95. The highest BCUT2D eigenvalue weighted by Crippen LogP contribution is 2.58. The zero-order chi connectivity index (χ0) is 34.4. The molecular formula is C37H57N3O6S. The van der Waals surface area contributed by atoms with Crippen molar-refractivity contribution in [2.75, 3.05) is 0 Å². The van der Waals surface area contributed by atoms with Gasteiger partial charge < -0.3 is 20.7 Å². The van der Waals surface area contributed by atoms with Crippen molar-refractivity contribution in [2.24, 2.45) is 35.5 Å². The summed E-state index contributed by atoms with van der Waals surface area (Å²) in [4.78, 5) is 40.0. The summed E-state index contributed by atoms with van der Waals surface area (Å²) in [6.45, 7) is 12.0. The minimum absolute atomic E-state index is 0.0738. The second-order valence-electron chi connectivity index (χ2n) is 15.8. The third-order valence-electron chi connectivity index (χ3n) is 10.00. The first-order chi connectivity index (χ1) is 22.1. The summed E-state index contributed by atoms with van der Waals surface area (Å²) in [5.74, 6) is 1.08. The largest absolute Gasteiger partial charge is 0.445 e. The number of benzene rings is 1. The van der Waals surface area contributed by atoms with Crippen molar-refractivity contribution in [1.82, 2.24) is 16.0 Å². The quantitative estimate of drug-likeness (QED) is 0.190. The molecule has 4 aliphatic rings. The maximum Gasteiger partial charge on any atom is 0.408 e. The van der Waals surface area contributed by atoms with Crippen molar-refractivity contribution in [3.8, 4) is 0 Å². The van der Waals surface area contributed by atoms with Crippen molar-refractivity contribution in [3.05, 3.63) is 47.4 Å². The molecule has 1 aromatic carbocycles. The smallest absolute Gasteiger partial charge is 0.408 e. The molecule has 1 aromatic rings. The Labute approximate surface area is 282 Å². The molecule has 0 aromatic heterocycles. The van der Waals surface area contributed by atoms with Crippen LogP contribution in [0.2, 0.25) is 0 Å². The molecule has 4 bridgehead atoms. The van der Waals surface area contributed by atoms with E-state index in [1.807, 2.05) is 71.9 Å². The number of rotatable bonds is 16. The lowest BCUT2D eigenvalue weighted by molar-refractivity contribution is -0.130. The summed E-state index contributed by atoms with van der Waals surface area (Å²) >= 11 is 0. The van der Waals surface area contributed by atoms with Crippen LogP contribution >= 0.6 is 0 Å². The average molecular weight is 672 g/mol. The fourth-order valence-electron chi connectivity index (χ4n) is 8.28. The lowest BCUT2D eigenvalue weighted by Gasteiger charge is -2.55. The highest BCUT2D eigenvalue weighted by Gasteiger charge is 2.56. The van der Waals surface area contributed by atoms with Gasteiger partial charge in [0.2, 0.25) is 11.8 Å². The fourth-order valence-corrected chi connectivity index (χ4v) is 10.4. The van der Waals surface area contributed by atoms with E-state index in [1.54, 1.807) is 6.08 Å². The van der Waals surface area contributed by atoms with Crippen LogP contribution in [0.15, 0.2) is 41.8 Å². The lowest BCUT2D eigenvalue weighted by Crippen LogP contribution is -2.55. The maximum absolute atomic E-state index is 13.9. The van der Waals surface area contributed by atoms with E-state index < -0.39 is 44.7 Å². The van der Waals surface area contributed by atoms with Crippen LogP contribution in [0.1, 0.15) is 105 Å². The Balaban J connectivity index is 1.43. The predicted octanol–water partition coefficient (Wildman–Crippen LogP) is 6.29. The normalized spacial score (nSPS) is 25.6. The third-order valence-corrected chi connectivity index (χ3v) is 12.2. The summed E-state index contributed by atoms with van der Waals surface area (Å²) in [6, 6.07) is 7.03. The van der Waals surface area contributed by atoms with Gasteiger partial charge in [-0.25, -0.2) is 13.2 Å². The maximum atomic E-state index is 13.9. The second-order valence-corrected chi connectivity index (χ2v) is 18.0. The van der Waals surface area contributed by atoms with Crippen molar-refractivity contribution in [2.45, 2.75) is 129 Å². The summed E-state index contributed by atoms with van der Waals surface area (Å²) in [5, 5.41) is 10.0. The van der Waals surface area contributed by atoms with Gasteiger partial charge in [-0.2, -0.15) is 0 Å². The third kappa shape index (κ3) is 10.3. The molecule has 262 valence electrons. The van der Waals surface area contributed by atoms with Gasteiger partial charge in [-0.1, -0.05) is 78.0 Å². The summed E-state index contributed by atoms with van der Waals surface area (Å²) < 4.78 is 32.4. The molecule has 3 atom stereocenters. The molecule has 4 aliphatic carbocycles. The van der Waals surface area contributed by atoms with Crippen LogP contribution in [0.5, 0.6) is 0 Å². The molecule has 5 rings (SSSR count). The Morgan fingerprint density at radius 2 is 1.26 bits per heavy atom. The van der Waals surface area contributed by atoms with E-state index in [-0.39, 0.29) is 30.3 Å². The van der Waals surface area contributed by atoms with Gasteiger partial charge in [0.15, 0.2) is 9.84 Å². The SMILES string of the molecule is CC(C)C[C@@H](/C=C/S(=O)(=O)C12CC3CC(CC(C3)C1)C2)NC(=O)[C@H](CC(C)C)NC(=O)[C@H](CC(C)C)NC(=O)OCc1ccccc1. The molecule has 3 amide bonds. The standard InChI is InChI=1S/C37H57N3O6S/c1-24(2)14-31(12-13-47(44,45)37-20-28-17-29(21-37)19-30(18-28)22-37)38-34(41)32(15-25(3)4)39-35(42)33(16-26(5)6)40-36(43)46-23-27-10-8-7-9-11-27/h7-13,24-26,28-33H,14-23H2,1-6H3,(H,38,41)(H,39,42)(H,40,43)/b13-12+/t28?,29?,30?,31-,32+,33+,37?/m1/s1. The van der Waals surface area contributed by atoms with Crippen LogP contribution in [-0.4, -0.2) is 49.2 Å². The number of hydrogen-bond acceptors (Lipinski definition) is 6. The monoisotopic (exact) mass is 671 g/mol. The summed E-state index contributed by atoms with van der Waals surface area (Å²) in [7, 11) is -3.51. The Morgan fingerprint density at radius 3 is 1.77 bits per heavy atom. The van der Waals surface area contributed by atoms with Crippen molar-refractivity contribution in [1.29, 1.82) is 0 Å². The van der Waals surface area contributed by atoms with Gasteiger partial charge in [-0.3, -0.25) is 9.59 Å². The van der Waals surface area contributed by atoms with Crippen molar-refractivity contribution in [3.63, 3.8) is 0 Å². The van der Waals surface area contributed by atoms with Crippen LogP contribution in [0.25, 0.3) is 0 Å². The number of carbonyl (C=O) groups is 3. The van der Waals surface area contributed by atoms with Gasteiger partial charge in [0, 0.05) is 11.4 Å². The number of hydrogen-bond donors (Lipinski definition) is 3. The Bertz CT molecular complexity index is 1320. The number of ether oxygens (including phenoxy) is 1. The van der Waals surface area contributed by atoms with Crippen molar-refractivity contribution < 1.29 is 27.5 Å². The minimum Gasteiger partial charge on any atom is -0.445 e. The predicted molar refractivity (Wildman–Crippen MR) is 185 cm³/mol. The van der Waals surface area contributed by atoms with E-state index in [0.29, 0.717) is 37.0 Å². The van der Waals surface area contributed by atoms with Gasteiger partial charge in [0.05, 0.1) is 4.75 Å². The van der Waals surface area contributed by atoms with Crippen LogP contribution in [-0.2, 0) is 30.8 Å². The zero-order valence-corrected chi connectivity index (χ0v) is 30.0. The molecule has 10 heteroatoms. The summed E-state index contributed by atoms with van der Waals surface area (Å²) in [6.07, 6.45) is 8.00. The molecule has 4 fully saturated rings. The minimum atomic E-state index is -3.51. The molecule has 9 nitrogen and oxygen atoms in total. The Hall–Kier alpha value is -2.88. The Kier molecular flexibility index (Phi) is 12.6. The Morgan fingerprint density at radius 1 is 0.766 bits per heavy atom. The van der Waals surface area contributed by atoms with Crippen molar-refractivity contribution >= 4 is 27.7 Å². The fraction of sp³-hybridized carbons (Fsp3) is 0.703. The molecule has 0 unspecified atom stereocenters. The molecule has 0 spiro atoms. The second kappa shape index (κ2) is 16.0. The molecule has 3 N–H and O–H groups in total. The average Bonchev–Trinajstić information content (AvgIpc) is 2.97. The number of carbonyl (C=O) groups excluding carboxylic acids is 3. The van der Waals surface area contributed by atoms with Gasteiger partial charge in [-0.15, -0.1) is 0 Å². The number of sulfone groups is 1. The molecule has 0 aliphatic heterocycles. The topological polar surface area (TPSA) is 131 Å². The van der Waals surface area contributed by atoms with E-state index in [9.17, 15) is 22.8 Å². The van der Waals surface area contributed by atoms with Gasteiger partial charge in [0.25, 0.3) is 0 Å². The number of alkyl carbamates (subject to hydrolysis) is 1. The van der Waals surface area contributed by atoms with Gasteiger partial charge in [-0.05, 0) is 98.9 Å². The van der Waals surface area contributed by atoms with E-state index in [1.165, 1.54) is 5.41 Å². The number of nitrogens with one attached hydrogen (secondary N) is 3. The lowest BCUT2D eigenvalue weighted by atomic mass is 9.56. The first-order valence-corrected chi connectivity index (χ1v) is 19.2. The van der Waals surface area contributed by atoms with Crippen LogP contribution in [0, 0.1) is 35.5 Å². The molecule has 0 saturated heterocycles. The zero-order valence-electron chi connectivity index (χ0n) is 29.2. The molecule has 47 heavy (non-hydrogen) atoms. The highest BCUT2D eigenvalue weighted by atomic mass is 32.2. The number of amides is 3. The van der Waals surface area contributed by atoms with E-state index >= 15 is 0 Å². The van der Waals surface area contributed by atoms with Crippen LogP contribution in [0.3, 0.4) is 0 Å². The van der Waals surface area contributed by atoms with E-state index in [2.05, 4.69) is 16.0 Å². The first-order valence-electron chi connectivity index (χ1n) is 17.7.